The maximum Gasteiger partial charge on any atom is 0.252 e. The number of aryl methyl sites for hydroxylation is 1. The second-order valence-corrected chi connectivity index (χ2v) is 10.7. The van der Waals surface area contributed by atoms with Crippen LogP contribution in [0.2, 0.25) is 0 Å². The highest BCUT2D eigenvalue weighted by atomic mass is 32.2. The Kier molecular flexibility index (Phi) is 5.76. The van der Waals surface area contributed by atoms with Gasteiger partial charge in [0.05, 0.1) is 34.6 Å². The van der Waals surface area contributed by atoms with Crippen molar-refractivity contribution in [3.8, 4) is 5.82 Å². The van der Waals surface area contributed by atoms with Crippen molar-refractivity contribution in [2.24, 2.45) is 0 Å². The fourth-order valence-corrected chi connectivity index (χ4v) is 4.82. The molecule has 0 aliphatic heterocycles. The highest BCUT2D eigenvalue weighted by Gasteiger charge is 2.29. The van der Waals surface area contributed by atoms with Crippen molar-refractivity contribution < 1.29 is 13.2 Å². The Morgan fingerprint density at radius 3 is 2.57 bits per heavy atom. The summed E-state index contributed by atoms with van der Waals surface area (Å²) in [6.45, 7) is 3.68. The number of pyridine rings is 2. The number of rotatable bonds is 7. The molecule has 3 aromatic heterocycles. The fraction of sp³-hybridized carbons (Fsp3) is 0.280. The molecule has 9 nitrogen and oxygen atoms in total. The van der Waals surface area contributed by atoms with Gasteiger partial charge in [0.2, 0.25) is 10.0 Å². The van der Waals surface area contributed by atoms with Crippen LogP contribution in [0, 0.1) is 6.92 Å². The molecule has 1 aliphatic rings. The van der Waals surface area contributed by atoms with Gasteiger partial charge in [-0.25, -0.2) is 18.4 Å². The van der Waals surface area contributed by atoms with E-state index in [4.69, 9.17) is 4.98 Å². The summed E-state index contributed by atoms with van der Waals surface area (Å²) in [6.07, 6.45) is 4.87. The van der Waals surface area contributed by atoms with Crippen molar-refractivity contribution in [1.82, 2.24) is 25.1 Å². The summed E-state index contributed by atoms with van der Waals surface area (Å²) in [5.74, 6) is 0.687. The van der Waals surface area contributed by atoms with E-state index in [0.29, 0.717) is 45.3 Å². The summed E-state index contributed by atoms with van der Waals surface area (Å²) in [5, 5.41) is 8.36. The van der Waals surface area contributed by atoms with Crippen molar-refractivity contribution in [1.29, 1.82) is 0 Å². The molecule has 4 aromatic rings. The van der Waals surface area contributed by atoms with E-state index in [-0.39, 0.29) is 5.91 Å². The van der Waals surface area contributed by atoms with E-state index in [1.807, 2.05) is 44.2 Å². The third-order valence-corrected chi connectivity index (χ3v) is 6.60. The minimum Gasteiger partial charge on any atom is -0.345 e. The minimum absolute atomic E-state index is 0.273. The third kappa shape index (κ3) is 4.74. The Bertz CT molecular complexity index is 1530. The first-order chi connectivity index (χ1) is 16.7. The summed E-state index contributed by atoms with van der Waals surface area (Å²) < 4.78 is 27.8. The molecule has 1 fully saturated rings. The Morgan fingerprint density at radius 2 is 1.89 bits per heavy atom. The van der Waals surface area contributed by atoms with Gasteiger partial charge in [-0.2, -0.15) is 9.78 Å². The quantitative estimate of drug-likeness (QED) is 0.406. The van der Waals surface area contributed by atoms with Crippen LogP contribution in [0.15, 0.2) is 54.7 Å². The smallest absolute Gasteiger partial charge is 0.252 e. The van der Waals surface area contributed by atoms with Crippen LogP contribution in [0.3, 0.4) is 0 Å². The zero-order valence-electron chi connectivity index (χ0n) is 19.7. The average molecular weight is 491 g/mol. The molecule has 1 saturated carbocycles. The van der Waals surface area contributed by atoms with Gasteiger partial charge in [0.1, 0.15) is 0 Å². The molecule has 1 unspecified atom stereocenters. The van der Waals surface area contributed by atoms with Gasteiger partial charge in [-0.3, -0.25) is 9.52 Å². The Balaban J connectivity index is 1.55. The number of hydrogen-bond acceptors (Lipinski definition) is 6. The van der Waals surface area contributed by atoms with Crippen LogP contribution in [0.5, 0.6) is 0 Å². The first-order valence-corrected chi connectivity index (χ1v) is 13.3. The molecule has 1 amide bonds. The molecule has 10 heteroatoms. The molecule has 1 aromatic carbocycles. The SMILES string of the molecule is Cc1nn(-c2ccccn2)c2nc(C3CC3)cc(C(=O)NC(C)c3ccccc3NS(C)(=O)=O)c12. The maximum absolute atomic E-state index is 13.6. The lowest BCUT2D eigenvalue weighted by atomic mass is 10.0. The van der Waals surface area contributed by atoms with E-state index >= 15 is 0 Å². The number of hydrogen-bond donors (Lipinski definition) is 2. The number of aromatic nitrogens is 4. The highest BCUT2D eigenvalue weighted by Crippen LogP contribution is 2.40. The molecule has 3 heterocycles. The summed E-state index contributed by atoms with van der Waals surface area (Å²) in [7, 11) is -3.47. The number of fused-ring (bicyclic) bond motifs is 1. The number of para-hydroxylation sites is 1. The predicted molar refractivity (Wildman–Crippen MR) is 134 cm³/mol. The molecule has 180 valence electrons. The van der Waals surface area contributed by atoms with Gasteiger partial charge in [-0.05, 0) is 56.5 Å². The average Bonchev–Trinajstić information content (AvgIpc) is 3.62. The zero-order valence-corrected chi connectivity index (χ0v) is 20.5. The Morgan fingerprint density at radius 1 is 1.14 bits per heavy atom. The molecule has 2 N–H and O–H groups in total. The highest BCUT2D eigenvalue weighted by molar-refractivity contribution is 7.92. The molecule has 1 atom stereocenters. The maximum atomic E-state index is 13.6. The predicted octanol–water partition coefficient (Wildman–Crippen LogP) is 3.86. The molecule has 0 spiro atoms. The number of anilines is 1. The number of carbonyl (C=O) groups excluding carboxylic acids is 1. The lowest BCUT2D eigenvalue weighted by Crippen LogP contribution is -2.28. The fourth-order valence-electron chi connectivity index (χ4n) is 4.23. The van der Waals surface area contributed by atoms with Crippen molar-refractivity contribution in [2.75, 3.05) is 11.0 Å². The van der Waals surface area contributed by atoms with Gasteiger partial charge in [0.25, 0.3) is 5.91 Å². The molecule has 0 radical (unpaired) electrons. The second-order valence-electron chi connectivity index (χ2n) is 8.91. The van der Waals surface area contributed by atoms with Gasteiger partial charge < -0.3 is 5.32 Å². The molecular formula is C25H26N6O3S. The van der Waals surface area contributed by atoms with Crippen LogP contribution in [-0.2, 0) is 10.0 Å². The van der Waals surface area contributed by atoms with Crippen LogP contribution in [-0.4, -0.2) is 40.3 Å². The number of nitrogens with one attached hydrogen (secondary N) is 2. The van der Waals surface area contributed by atoms with Gasteiger partial charge in [0, 0.05) is 17.8 Å². The van der Waals surface area contributed by atoms with Crippen molar-refractivity contribution in [3.05, 3.63) is 77.2 Å². The summed E-state index contributed by atoms with van der Waals surface area (Å²) >= 11 is 0. The third-order valence-electron chi connectivity index (χ3n) is 6.01. The first kappa shape index (κ1) is 23.0. The van der Waals surface area contributed by atoms with Crippen molar-refractivity contribution in [3.63, 3.8) is 0 Å². The van der Waals surface area contributed by atoms with Crippen LogP contribution >= 0.6 is 0 Å². The molecule has 5 rings (SSSR count). The van der Waals surface area contributed by atoms with E-state index in [1.54, 1.807) is 29.1 Å². The van der Waals surface area contributed by atoms with Crippen molar-refractivity contribution >= 4 is 32.7 Å². The van der Waals surface area contributed by atoms with Gasteiger partial charge in [0.15, 0.2) is 11.5 Å². The Labute approximate surface area is 203 Å². The lowest BCUT2D eigenvalue weighted by molar-refractivity contribution is 0.0941. The lowest BCUT2D eigenvalue weighted by Gasteiger charge is -2.19. The molecule has 1 aliphatic carbocycles. The van der Waals surface area contributed by atoms with Crippen molar-refractivity contribution in [2.45, 2.75) is 38.6 Å². The van der Waals surface area contributed by atoms with Crippen LogP contribution < -0.4 is 10.0 Å². The zero-order chi connectivity index (χ0) is 24.7. The topological polar surface area (TPSA) is 119 Å². The van der Waals surface area contributed by atoms with E-state index in [9.17, 15) is 13.2 Å². The number of amides is 1. The van der Waals surface area contributed by atoms with Crippen LogP contribution in [0.4, 0.5) is 5.69 Å². The Hall–Kier alpha value is -3.79. The number of sulfonamides is 1. The number of nitrogens with zero attached hydrogens (tertiary/aromatic N) is 4. The van der Waals surface area contributed by atoms with Crippen LogP contribution in [0.25, 0.3) is 16.9 Å². The molecule has 35 heavy (non-hydrogen) atoms. The standard InChI is InChI=1S/C25H26N6O3S/c1-15(18-8-4-5-9-20(18)30-35(3,33)34)27-25(32)19-14-21(17-11-12-17)28-24-23(19)16(2)29-31(24)22-10-6-7-13-26-22/h4-10,13-15,17,30H,11-12H2,1-3H3,(H,27,32). The summed E-state index contributed by atoms with van der Waals surface area (Å²) in [5.41, 5.74) is 3.74. The summed E-state index contributed by atoms with van der Waals surface area (Å²) in [4.78, 5) is 22.9. The van der Waals surface area contributed by atoms with E-state index in [2.05, 4.69) is 20.1 Å². The number of benzene rings is 1. The van der Waals surface area contributed by atoms with Crippen LogP contribution in [0.1, 0.15) is 59.0 Å². The molecule has 0 bridgehead atoms. The second kappa shape index (κ2) is 8.77. The summed E-state index contributed by atoms with van der Waals surface area (Å²) in [6, 6.07) is 14.0. The molecule has 0 saturated heterocycles. The van der Waals surface area contributed by atoms with Gasteiger partial charge in [-0.1, -0.05) is 24.3 Å². The monoisotopic (exact) mass is 490 g/mol. The molecular weight excluding hydrogens is 464 g/mol. The minimum atomic E-state index is -3.47. The van der Waals surface area contributed by atoms with E-state index in [0.717, 1.165) is 24.8 Å². The van der Waals surface area contributed by atoms with E-state index in [1.165, 1.54) is 0 Å². The van der Waals surface area contributed by atoms with E-state index < -0.39 is 16.1 Å². The first-order valence-electron chi connectivity index (χ1n) is 11.4. The normalized spacial score (nSPS) is 14.6. The number of carbonyl (C=O) groups is 1. The van der Waals surface area contributed by atoms with Gasteiger partial charge >= 0.3 is 0 Å². The van der Waals surface area contributed by atoms with Gasteiger partial charge in [-0.15, -0.1) is 0 Å². The largest absolute Gasteiger partial charge is 0.345 e.